The summed E-state index contributed by atoms with van der Waals surface area (Å²) in [5, 5.41) is 5.81. The summed E-state index contributed by atoms with van der Waals surface area (Å²) in [5.74, 6) is 0.0721. The lowest BCUT2D eigenvalue weighted by Crippen LogP contribution is -2.25. The Balaban J connectivity index is 1.98. The standard InChI is InChI=1S/C17H25N3O2/c18-12-6-11-16(21)19-14-9-4-5-10-15(14)20-17(22)13-7-2-1-3-8-13/h4-5,9-10,13H,1-3,6-8,11-12,18H2,(H,19,21)(H,20,22). The molecular formula is C17H25N3O2. The van der Waals surface area contributed by atoms with Crippen LogP contribution in [-0.4, -0.2) is 18.4 Å². The third kappa shape index (κ3) is 4.84. The van der Waals surface area contributed by atoms with Gasteiger partial charge in [0.1, 0.15) is 0 Å². The van der Waals surface area contributed by atoms with Crippen molar-refractivity contribution >= 4 is 23.2 Å². The van der Waals surface area contributed by atoms with E-state index in [4.69, 9.17) is 5.73 Å². The van der Waals surface area contributed by atoms with Crippen LogP contribution in [0.25, 0.3) is 0 Å². The monoisotopic (exact) mass is 303 g/mol. The van der Waals surface area contributed by atoms with E-state index in [0.717, 1.165) is 25.7 Å². The normalized spacial score (nSPS) is 15.3. The van der Waals surface area contributed by atoms with Crippen LogP contribution in [0.1, 0.15) is 44.9 Å². The number of anilines is 2. The summed E-state index contributed by atoms with van der Waals surface area (Å²) in [5.41, 5.74) is 6.72. The van der Waals surface area contributed by atoms with Crippen molar-refractivity contribution in [3.63, 3.8) is 0 Å². The maximum atomic E-state index is 12.3. The first-order valence-electron chi connectivity index (χ1n) is 8.10. The maximum Gasteiger partial charge on any atom is 0.227 e. The van der Waals surface area contributed by atoms with Crippen molar-refractivity contribution in [2.75, 3.05) is 17.2 Å². The molecule has 1 fully saturated rings. The molecule has 0 spiro atoms. The first-order valence-corrected chi connectivity index (χ1v) is 8.10. The van der Waals surface area contributed by atoms with E-state index in [-0.39, 0.29) is 17.7 Å². The number of rotatable bonds is 6. The quantitative estimate of drug-likeness (QED) is 0.755. The second-order valence-corrected chi connectivity index (χ2v) is 5.81. The van der Waals surface area contributed by atoms with E-state index in [1.165, 1.54) is 6.42 Å². The van der Waals surface area contributed by atoms with Crippen LogP contribution in [0.15, 0.2) is 24.3 Å². The Morgan fingerprint density at radius 3 is 2.32 bits per heavy atom. The van der Waals surface area contributed by atoms with Gasteiger partial charge in [-0.25, -0.2) is 0 Å². The molecule has 0 unspecified atom stereocenters. The third-order valence-corrected chi connectivity index (χ3v) is 4.04. The molecular weight excluding hydrogens is 278 g/mol. The van der Waals surface area contributed by atoms with Gasteiger partial charge in [0.05, 0.1) is 11.4 Å². The predicted octanol–water partition coefficient (Wildman–Crippen LogP) is 2.88. The van der Waals surface area contributed by atoms with Gasteiger partial charge in [-0.1, -0.05) is 31.4 Å². The molecule has 120 valence electrons. The summed E-state index contributed by atoms with van der Waals surface area (Å²) in [6, 6.07) is 7.32. The number of amides is 2. The number of benzene rings is 1. The smallest absolute Gasteiger partial charge is 0.227 e. The summed E-state index contributed by atoms with van der Waals surface area (Å²) in [4.78, 5) is 24.2. The SMILES string of the molecule is NCCCC(=O)Nc1ccccc1NC(=O)C1CCCCC1. The summed E-state index contributed by atoms with van der Waals surface area (Å²) in [7, 11) is 0. The molecule has 2 amide bonds. The van der Waals surface area contributed by atoms with Crippen molar-refractivity contribution in [2.45, 2.75) is 44.9 Å². The minimum atomic E-state index is -0.0789. The van der Waals surface area contributed by atoms with Gasteiger partial charge in [0.2, 0.25) is 11.8 Å². The highest BCUT2D eigenvalue weighted by atomic mass is 16.2. The molecule has 1 aromatic carbocycles. The van der Waals surface area contributed by atoms with Crippen LogP contribution in [-0.2, 0) is 9.59 Å². The highest BCUT2D eigenvalue weighted by Gasteiger charge is 2.21. The van der Waals surface area contributed by atoms with Crippen molar-refractivity contribution in [3.05, 3.63) is 24.3 Å². The first kappa shape index (κ1) is 16.5. The zero-order valence-corrected chi connectivity index (χ0v) is 12.9. The lowest BCUT2D eigenvalue weighted by Gasteiger charge is -2.21. The number of carbonyl (C=O) groups excluding carboxylic acids is 2. The number of nitrogens with one attached hydrogen (secondary N) is 2. The van der Waals surface area contributed by atoms with E-state index in [1.807, 2.05) is 18.2 Å². The molecule has 0 aliphatic heterocycles. The molecule has 5 heteroatoms. The molecule has 0 radical (unpaired) electrons. The lowest BCUT2D eigenvalue weighted by atomic mass is 9.88. The van der Waals surface area contributed by atoms with Gasteiger partial charge in [-0.15, -0.1) is 0 Å². The van der Waals surface area contributed by atoms with Gasteiger partial charge in [0.25, 0.3) is 0 Å². The second kappa shape index (κ2) is 8.54. The number of para-hydroxylation sites is 2. The predicted molar refractivity (Wildman–Crippen MR) is 88.6 cm³/mol. The molecule has 4 N–H and O–H groups in total. The van der Waals surface area contributed by atoms with Gasteiger partial charge in [0.15, 0.2) is 0 Å². The van der Waals surface area contributed by atoms with Gasteiger partial charge in [-0.3, -0.25) is 9.59 Å². The summed E-state index contributed by atoms with van der Waals surface area (Å²) in [6.45, 7) is 0.494. The molecule has 0 aromatic heterocycles. The van der Waals surface area contributed by atoms with Crippen LogP contribution in [0, 0.1) is 5.92 Å². The highest BCUT2D eigenvalue weighted by Crippen LogP contribution is 2.27. The van der Waals surface area contributed by atoms with Gasteiger partial charge in [-0.2, -0.15) is 0 Å². The zero-order valence-electron chi connectivity index (χ0n) is 12.9. The van der Waals surface area contributed by atoms with E-state index in [2.05, 4.69) is 10.6 Å². The van der Waals surface area contributed by atoms with Gasteiger partial charge >= 0.3 is 0 Å². The number of nitrogens with two attached hydrogens (primary N) is 1. The van der Waals surface area contributed by atoms with Crippen molar-refractivity contribution in [1.29, 1.82) is 0 Å². The molecule has 1 aliphatic rings. The van der Waals surface area contributed by atoms with E-state index < -0.39 is 0 Å². The van der Waals surface area contributed by atoms with Crippen LogP contribution >= 0.6 is 0 Å². The molecule has 1 aromatic rings. The third-order valence-electron chi connectivity index (χ3n) is 4.04. The van der Waals surface area contributed by atoms with Gasteiger partial charge in [-0.05, 0) is 37.9 Å². The molecule has 0 heterocycles. The average molecular weight is 303 g/mol. The van der Waals surface area contributed by atoms with Crippen molar-refractivity contribution in [3.8, 4) is 0 Å². The van der Waals surface area contributed by atoms with Crippen LogP contribution in [0.2, 0.25) is 0 Å². The second-order valence-electron chi connectivity index (χ2n) is 5.81. The average Bonchev–Trinajstić information content (AvgIpc) is 2.55. The molecule has 1 aliphatic carbocycles. The molecule has 0 saturated heterocycles. The molecule has 5 nitrogen and oxygen atoms in total. The Morgan fingerprint density at radius 1 is 1.05 bits per heavy atom. The Kier molecular flexibility index (Phi) is 6.40. The van der Waals surface area contributed by atoms with Gasteiger partial charge < -0.3 is 16.4 Å². The van der Waals surface area contributed by atoms with E-state index in [1.54, 1.807) is 6.07 Å². The highest BCUT2D eigenvalue weighted by molar-refractivity contribution is 6.00. The van der Waals surface area contributed by atoms with Crippen LogP contribution < -0.4 is 16.4 Å². The summed E-state index contributed by atoms with van der Waals surface area (Å²) in [6.07, 6.45) is 6.42. The minimum Gasteiger partial charge on any atom is -0.330 e. The summed E-state index contributed by atoms with van der Waals surface area (Å²) < 4.78 is 0. The van der Waals surface area contributed by atoms with E-state index in [0.29, 0.717) is 30.8 Å². The van der Waals surface area contributed by atoms with Crippen molar-refractivity contribution in [1.82, 2.24) is 0 Å². The van der Waals surface area contributed by atoms with E-state index in [9.17, 15) is 9.59 Å². The first-order chi connectivity index (χ1) is 10.7. The zero-order chi connectivity index (χ0) is 15.8. The topological polar surface area (TPSA) is 84.2 Å². The molecule has 0 atom stereocenters. The van der Waals surface area contributed by atoms with E-state index >= 15 is 0 Å². The Hall–Kier alpha value is -1.88. The molecule has 0 bridgehead atoms. The fourth-order valence-corrected chi connectivity index (χ4v) is 2.78. The largest absolute Gasteiger partial charge is 0.330 e. The Bertz CT molecular complexity index is 510. The Morgan fingerprint density at radius 2 is 1.68 bits per heavy atom. The molecule has 2 rings (SSSR count). The van der Waals surface area contributed by atoms with Crippen LogP contribution in [0.4, 0.5) is 11.4 Å². The van der Waals surface area contributed by atoms with Crippen molar-refractivity contribution < 1.29 is 9.59 Å². The van der Waals surface area contributed by atoms with Crippen LogP contribution in [0.3, 0.4) is 0 Å². The lowest BCUT2D eigenvalue weighted by molar-refractivity contribution is -0.120. The fourth-order valence-electron chi connectivity index (χ4n) is 2.78. The van der Waals surface area contributed by atoms with Crippen LogP contribution in [0.5, 0.6) is 0 Å². The van der Waals surface area contributed by atoms with Gasteiger partial charge in [0, 0.05) is 12.3 Å². The Labute approximate surface area is 131 Å². The number of hydrogen-bond acceptors (Lipinski definition) is 3. The number of hydrogen-bond donors (Lipinski definition) is 3. The molecule has 1 saturated carbocycles. The minimum absolute atomic E-state index is 0.0587. The van der Waals surface area contributed by atoms with Crippen molar-refractivity contribution in [2.24, 2.45) is 11.7 Å². The maximum absolute atomic E-state index is 12.3. The number of carbonyl (C=O) groups is 2. The molecule has 22 heavy (non-hydrogen) atoms. The fraction of sp³-hybridized carbons (Fsp3) is 0.529. The summed E-state index contributed by atoms with van der Waals surface area (Å²) >= 11 is 0.